The van der Waals surface area contributed by atoms with Crippen LogP contribution in [0.3, 0.4) is 0 Å². The molecule has 88 heavy (non-hydrogen) atoms. The summed E-state index contributed by atoms with van der Waals surface area (Å²) in [5, 5.41) is 5.47. The molecule has 5 aliphatic heterocycles. The number of hydrogen-bond acceptors (Lipinski definition) is 12. The number of fused-ring (bicyclic) bond motifs is 8. The Kier molecular flexibility index (Phi) is 24.5. The number of amides is 6. The first-order valence-electron chi connectivity index (χ1n) is 30.3. The van der Waals surface area contributed by atoms with Gasteiger partial charge in [0.15, 0.2) is 11.5 Å². The molecule has 10 rings (SSSR count). The number of para-hydroxylation sites is 2. The summed E-state index contributed by atoms with van der Waals surface area (Å²) in [7, 11) is 3.50. The average molecular weight is 1290 g/mol. The molecule has 1 radical (unpaired) electrons. The number of benzene rings is 5. The van der Waals surface area contributed by atoms with Gasteiger partial charge in [0.05, 0.1) is 30.7 Å². The minimum Gasteiger partial charge on any atom is -0.493 e. The number of carbonyl (C=O) groups excluding carboxylic acids is 8. The first-order chi connectivity index (χ1) is 41.8. The number of hydrogen-bond donors (Lipinski definition) is 2. The molecule has 0 aliphatic carbocycles. The van der Waals surface area contributed by atoms with Crippen molar-refractivity contribution >= 4 is 87.7 Å². The summed E-state index contributed by atoms with van der Waals surface area (Å²) in [5.41, 5.74) is 10.9. The monoisotopic (exact) mass is 1290 g/mol. The van der Waals surface area contributed by atoms with Crippen LogP contribution in [-0.4, -0.2) is 120 Å². The van der Waals surface area contributed by atoms with Gasteiger partial charge in [-0.1, -0.05) is 69.7 Å². The van der Waals surface area contributed by atoms with Crippen molar-refractivity contribution in [2.75, 3.05) is 48.7 Å². The van der Waals surface area contributed by atoms with Crippen LogP contribution in [0.4, 0.5) is 22.7 Å². The summed E-state index contributed by atoms with van der Waals surface area (Å²) >= 11 is 1.41. The molecule has 5 atom stereocenters. The zero-order valence-corrected chi connectivity index (χ0v) is 56.1. The molecule has 5 aromatic carbocycles. The second kappa shape index (κ2) is 31.4. The number of rotatable bonds is 21. The molecule has 5 aromatic rings. The Bertz CT molecular complexity index is 3480. The fourth-order valence-electron chi connectivity index (χ4n) is 11.7. The molecule has 19 heteroatoms. The first-order valence-corrected chi connectivity index (χ1v) is 31.6. The number of unbranched alkanes of at least 4 members (excludes halogenated alkanes) is 1. The zero-order chi connectivity index (χ0) is 62.6. The van der Waals surface area contributed by atoms with Crippen molar-refractivity contribution in [1.29, 1.82) is 0 Å². The smallest absolute Gasteiger partial charge is 0.258 e. The first kappa shape index (κ1) is 68.5. The van der Waals surface area contributed by atoms with Crippen molar-refractivity contribution in [3.8, 4) is 17.2 Å². The maximum Gasteiger partial charge on any atom is 0.258 e. The van der Waals surface area contributed by atoms with Gasteiger partial charge in [0.1, 0.15) is 30.9 Å². The van der Waals surface area contributed by atoms with Crippen molar-refractivity contribution in [1.82, 2.24) is 10.2 Å². The number of Topliss-reactive ketones (excluding diaryl/α,β-unsaturated/α-hetero) is 2. The summed E-state index contributed by atoms with van der Waals surface area (Å²) < 4.78 is 19.3. The molecule has 5 heterocycles. The summed E-state index contributed by atoms with van der Waals surface area (Å²) in [6.07, 6.45) is 12.6. The van der Waals surface area contributed by atoms with E-state index in [1.165, 1.54) is 27.8 Å². The SMILES string of the molecule is CCC(=O)CCCN1C(=O)CC(SC)C1=O.CCCCC(=O)N[C@@H](C)C(=O)C[C@@H](C)C(=O)Nc1cc(C)cc(COc2cc3c(cc2C)C(=O)N2c4ccccc4C[C@H]2CC3)c1.CCOc1cc2c(cc1OC)C(=O)N1c3ccccc3C[C@H]1[C-]=[N+]2C.[Y]. The van der Waals surface area contributed by atoms with Crippen LogP contribution < -0.4 is 34.6 Å². The fraction of sp³-hybridized carbons (Fsp3) is 0.435. The fourth-order valence-corrected chi connectivity index (χ4v) is 12.4. The summed E-state index contributed by atoms with van der Waals surface area (Å²) in [6.45, 7) is 14.3. The second-order valence-corrected chi connectivity index (χ2v) is 23.9. The van der Waals surface area contributed by atoms with Gasteiger partial charge in [0, 0.05) is 124 Å². The van der Waals surface area contributed by atoms with Crippen LogP contribution in [-0.2, 0) is 87.3 Å². The van der Waals surface area contributed by atoms with Gasteiger partial charge in [0.25, 0.3) is 5.91 Å². The Labute approximate surface area is 546 Å². The van der Waals surface area contributed by atoms with Crippen LogP contribution in [0.1, 0.15) is 147 Å². The van der Waals surface area contributed by atoms with Gasteiger partial charge in [-0.25, -0.2) is 0 Å². The third kappa shape index (κ3) is 16.2. The molecule has 2 N–H and O–H groups in total. The van der Waals surface area contributed by atoms with Gasteiger partial charge in [-0.15, -0.1) is 0 Å². The molecule has 6 amide bonds. The molecular weight excluding hydrogens is 1210 g/mol. The van der Waals surface area contributed by atoms with E-state index < -0.39 is 12.0 Å². The van der Waals surface area contributed by atoms with Gasteiger partial charge >= 0.3 is 0 Å². The van der Waals surface area contributed by atoms with E-state index in [4.69, 9.17) is 14.2 Å². The molecule has 17 nitrogen and oxygen atoms in total. The Morgan fingerprint density at radius 3 is 2.14 bits per heavy atom. The van der Waals surface area contributed by atoms with Gasteiger partial charge in [-0.05, 0) is 154 Å². The normalized spacial score (nSPS) is 17.5. The molecule has 1 unspecified atom stereocenters. The van der Waals surface area contributed by atoms with Crippen LogP contribution in [0.2, 0.25) is 0 Å². The van der Waals surface area contributed by atoms with Gasteiger partial charge in [-0.3, -0.25) is 43.3 Å². The number of ether oxygens (including phenoxy) is 3. The molecule has 5 aliphatic rings. The van der Waals surface area contributed by atoms with Crippen LogP contribution in [0.5, 0.6) is 17.2 Å². The number of ketones is 2. The molecule has 0 saturated carbocycles. The number of carbonyl (C=O) groups is 8. The van der Waals surface area contributed by atoms with E-state index in [2.05, 4.69) is 29.0 Å². The zero-order valence-electron chi connectivity index (χ0n) is 52.4. The second-order valence-electron chi connectivity index (χ2n) is 22.9. The number of methoxy groups -OCH3 is 1. The van der Waals surface area contributed by atoms with Crippen LogP contribution in [0, 0.1) is 19.8 Å². The quantitative estimate of drug-likeness (QED) is 0.0401. The molecule has 0 aromatic heterocycles. The van der Waals surface area contributed by atoms with E-state index >= 15 is 0 Å². The number of aryl methyl sites for hydroxylation is 3. The molecule has 0 spiro atoms. The topological polar surface area (TPSA) is 201 Å². The largest absolute Gasteiger partial charge is 0.493 e. The standard InChI is InChI=1S/C38H45N3O5.C20H20N2O3.C11H17NO3S.Y/c1-6-7-12-36(43)39-26(5)34(42)18-25(4)37(44)40-30-16-23(2)15-27(19-30)22-46-35-21-28-13-14-31-20-29-10-8-9-11-33(29)41(31)38(45)32(28)17-24(35)3;1-4-25-19-11-17-15(10-18(19)24-3)20(23)22-14(12-21(17)2)9-13-7-5-6-8-16(13)22;1-3-8(13)5-4-6-12-10(14)7-9(16-2)11(12)15;/h8-11,15-17,19,21,25-26,31H,6-7,12-14,18,20,22H2,1-5H3,(H,39,43)(H,40,44);5-8,10-11,14H,4,9H2,1-3H3;9H,3-7H2,1-2H3;/t25-,26+,31-;14-;;/m10../s1. The third-order valence-electron chi connectivity index (χ3n) is 16.5. The minimum absolute atomic E-state index is 0. The number of thioether (sulfide) groups is 1. The predicted octanol–water partition coefficient (Wildman–Crippen LogP) is 10.8. The van der Waals surface area contributed by atoms with E-state index in [0.29, 0.717) is 74.6 Å². The van der Waals surface area contributed by atoms with Crippen molar-refractivity contribution in [2.24, 2.45) is 5.92 Å². The Hall–Kier alpha value is -7.02. The maximum atomic E-state index is 13.7. The molecular formula is C69H82N6O11SY. The van der Waals surface area contributed by atoms with Crippen LogP contribution >= 0.6 is 11.8 Å². The van der Waals surface area contributed by atoms with E-state index in [1.807, 2.05) is 135 Å². The van der Waals surface area contributed by atoms with Crippen molar-refractivity contribution in [3.63, 3.8) is 0 Å². The van der Waals surface area contributed by atoms with E-state index in [0.717, 1.165) is 89.2 Å². The Morgan fingerprint density at radius 2 is 1.47 bits per heavy atom. The average Bonchev–Trinajstić information content (AvgIpc) is 1.67. The van der Waals surface area contributed by atoms with Crippen molar-refractivity contribution in [2.45, 2.75) is 155 Å². The predicted molar refractivity (Wildman–Crippen MR) is 339 cm³/mol. The number of likely N-dealkylation sites (tertiary alicyclic amines) is 1. The van der Waals surface area contributed by atoms with Gasteiger partial charge in [-0.2, -0.15) is 11.8 Å². The third-order valence-corrected chi connectivity index (χ3v) is 17.4. The Balaban J connectivity index is 0.000000218. The molecule has 463 valence electrons. The summed E-state index contributed by atoms with van der Waals surface area (Å²) in [5.74, 6) is 0.799. The summed E-state index contributed by atoms with van der Waals surface area (Å²) in [4.78, 5) is 104. The summed E-state index contributed by atoms with van der Waals surface area (Å²) in [6, 6.07) is 29.0. The number of imide groups is 1. The number of anilines is 3. The molecule has 1 fully saturated rings. The maximum absolute atomic E-state index is 13.7. The number of nitrogens with one attached hydrogen (secondary N) is 2. The Morgan fingerprint density at radius 1 is 0.773 bits per heavy atom. The van der Waals surface area contributed by atoms with Crippen molar-refractivity contribution in [3.05, 3.63) is 136 Å². The minimum atomic E-state index is -0.634. The van der Waals surface area contributed by atoms with Gasteiger partial charge in [0.2, 0.25) is 29.5 Å². The van der Waals surface area contributed by atoms with Crippen LogP contribution in [0.15, 0.2) is 91.0 Å². The molecule has 1 saturated heterocycles. The van der Waals surface area contributed by atoms with E-state index in [1.54, 1.807) is 27.0 Å². The molecule has 0 bridgehead atoms. The van der Waals surface area contributed by atoms with Gasteiger partial charge < -0.3 is 39.2 Å². The van der Waals surface area contributed by atoms with Crippen molar-refractivity contribution < 1.29 is 89.9 Å². The van der Waals surface area contributed by atoms with E-state index in [-0.39, 0.29) is 103 Å². The van der Waals surface area contributed by atoms with Crippen LogP contribution in [0.25, 0.3) is 0 Å². The van der Waals surface area contributed by atoms with E-state index in [9.17, 15) is 38.4 Å². The number of nitrogens with zero attached hydrogens (tertiary/aromatic N) is 4.